The van der Waals surface area contributed by atoms with E-state index in [4.69, 9.17) is 0 Å². The van der Waals surface area contributed by atoms with E-state index in [2.05, 4.69) is 19.9 Å². The number of β-amino-alcohol motifs (C(OH)–C–C–N with tert-alkyl or cyclic N) is 1. The summed E-state index contributed by atoms with van der Waals surface area (Å²) in [5.74, 6) is 0.777. The number of aryl methyl sites for hydroxylation is 3. The standard InChI is InChI=1S/C25H28N6O2/c1-16-11-23(19-13-26-9-7-20(19)27-16)31-10-8-25(33,15-31)14-29(3)24(32)18-5-6-22-21(12-18)28-17(2)30(22)4/h5-7,9,11-13,33H,8,10,14-15H2,1-4H3/t25-/m1/s1. The number of amides is 1. The first-order valence-electron chi connectivity index (χ1n) is 11.1. The minimum absolute atomic E-state index is 0.124. The molecule has 4 heterocycles. The van der Waals surface area contributed by atoms with Crippen LogP contribution in [-0.4, -0.2) is 67.7 Å². The van der Waals surface area contributed by atoms with Crippen molar-refractivity contribution in [2.24, 2.45) is 7.05 Å². The average molecular weight is 445 g/mol. The van der Waals surface area contributed by atoms with E-state index in [1.807, 2.05) is 62.0 Å². The molecule has 3 aromatic heterocycles. The number of nitrogens with zero attached hydrogens (tertiary/aromatic N) is 6. The molecule has 4 aromatic rings. The fourth-order valence-electron chi connectivity index (χ4n) is 4.82. The van der Waals surface area contributed by atoms with Crippen molar-refractivity contribution in [3.05, 3.63) is 59.8 Å². The number of rotatable bonds is 4. The maximum atomic E-state index is 13.1. The summed E-state index contributed by atoms with van der Waals surface area (Å²) in [6.07, 6.45) is 4.13. The minimum atomic E-state index is -0.998. The molecule has 1 amide bonds. The van der Waals surface area contributed by atoms with Crippen LogP contribution in [0.15, 0.2) is 42.7 Å². The Hall–Kier alpha value is -3.52. The van der Waals surface area contributed by atoms with Gasteiger partial charge in [0.2, 0.25) is 0 Å². The van der Waals surface area contributed by atoms with Crippen LogP contribution in [0.2, 0.25) is 0 Å². The minimum Gasteiger partial charge on any atom is -0.386 e. The molecule has 1 fully saturated rings. The fourth-order valence-corrected chi connectivity index (χ4v) is 4.82. The highest BCUT2D eigenvalue weighted by atomic mass is 16.3. The van der Waals surface area contributed by atoms with Gasteiger partial charge in [-0.1, -0.05) is 0 Å². The molecule has 1 atom stereocenters. The second-order valence-corrected chi connectivity index (χ2v) is 9.15. The van der Waals surface area contributed by atoms with Crippen molar-refractivity contribution in [1.29, 1.82) is 0 Å². The number of hydrogen-bond donors (Lipinski definition) is 1. The Kier molecular flexibility index (Phi) is 5.05. The third-order valence-electron chi connectivity index (χ3n) is 6.62. The van der Waals surface area contributed by atoms with E-state index in [-0.39, 0.29) is 12.5 Å². The predicted octanol–water partition coefficient (Wildman–Crippen LogP) is 2.85. The Labute approximate surface area is 192 Å². The molecule has 1 saturated heterocycles. The van der Waals surface area contributed by atoms with Crippen molar-refractivity contribution in [3.63, 3.8) is 0 Å². The largest absolute Gasteiger partial charge is 0.386 e. The highest BCUT2D eigenvalue weighted by molar-refractivity contribution is 5.97. The van der Waals surface area contributed by atoms with E-state index in [0.29, 0.717) is 25.1 Å². The molecule has 0 saturated carbocycles. The summed E-state index contributed by atoms with van der Waals surface area (Å²) in [6.45, 7) is 5.31. The van der Waals surface area contributed by atoms with Crippen molar-refractivity contribution >= 4 is 33.5 Å². The number of carbonyl (C=O) groups is 1. The van der Waals surface area contributed by atoms with Gasteiger partial charge in [-0.2, -0.15) is 0 Å². The van der Waals surface area contributed by atoms with E-state index in [0.717, 1.165) is 39.1 Å². The van der Waals surface area contributed by atoms with Crippen LogP contribution in [0.4, 0.5) is 5.69 Å². The van der Waals surface area contributed by atoms with E-state index in [9.17, 15) is 9.90 Å². The molecular weight excluding hydrogens is 416 g/mol. The lowest BCUT2D eigenvalue weighted by Crippen LogP contribution is -2.45. The zero-order valence-electron chi connectivity index (χ0n) is 19.4. The zero-order chi connectivity index (χ0) is 23.3. The Morgan fingerprint density at radius 3 is 2.82 bits per heavy atom. The van der Waals surface area contributed by atoms with Gasteiger partial charge in [0.1, 0.15) is 11.4 Å². The van der Waals surface area contributed by atoms with Crippen LogP contribution < -0.4 is 4.90 Å². The maximum absolute atomic E-state index is 13.1. The van der Waals surface area contributed by atoms with Gasteiger partial charge in [0.25, 0.3) is 5.91 Å². The number of hydrogen-bond acceptors (Lipinski definition) is 6. The average Bonchev–Trinajstić information content (AvgIpc) is 3.31. The Morgan fingerprint density at radius 2 is 2.00 bits per heavy atom. The van der Waals surface area contributed by atoms with Gasteiger partial charge in [0.05, 0.1) is 23.1 Å². The van der Waals surface area contributed by atoms with E-state index < -0.39 is 5.60 Å². The summed E-state index contributed by atoms with van der Waals surface area (Å²) in [5, 5.41) is 12.3. The van der Waals surface area contributed by atoms with Crippen molar-refractivity contribution in [1.82, 2.24) is 24.4 Å². The molecule has 5 rings (SSSR count). The van der Waals surface area contributed by atoms with Gasteiger partial charge in [-0.15, -0.1) is 0 Å². The first-order valence-corrected chi connectivity index (χ1v) is 11.1. The van der Waals surface area contributed by atoms with Crippen LogP contribution in [0.5, 0.6) is 0 Å². The molecule has 1 aromatic carbocycles. The molecular formula is C25H28N6O2. The van der Waals surface area contributed by atoms with Gasteiger partial charge < -0.3 is 19.5 Å². The molecule has 0 unspecified atom stereocenters. The number of likely N-dealkylation sites (N-methyl/N-ethyl adjacent to an activating group) is 1. The molecule has 8 heteroatoms. The lowest BCUT2D eigenvalue weighted by Gasteiger charge is -2.29. The van der Waals surface area contributed by atoms with Gasteiger partial charge in [0, 0.05) is 61.9 Å². The fraction of sp³-hybridized carbons (Fsp3) is 0.360. The van der Waals surface area contributed by atoms with Crippen LogP contribution in [0, 0.1) is 13.8 Å². The normalized spacial score (nSPS) is 18.4. The van der Waals surface area contributed by atoms with E-state index in [1.165, 1.54) is 0 Å². The Morgan fingerprint density at radius 1 is 1.18 bits per heavy atom. The smallest absolute Gasteiger partial charge is 0.253 e. The first-order chi connectivity index (χ1) is 15.7. The lowest BCUT2D eigenvalue weighted by atomic mass is 10.0. The zero-order valence-corrected chi connectivity index (χ0v) is 19.4. The summed E-state index contributed by atoms with van der Waals surface area (Å²) in [5.41, 5.74) is 4.20. The molecule has 1 aliphatic rings. The quantitative estimate of drug-likeness (QED) is 0.521. The Bertz CT molecular complexity index is 1380. The summed E-state index contributed by atoms with van der Waals surface area (Å²) in [7, 11) is 3.70. The molecule has 170 valence electrons. The summed E-state index contributed by atoms with van der Waals surface area (Å²) in [4.78, 5) is 30.3. The molecule has 0 spiro atoms. The monoisotopic (exact) mass is 444 g/mol. The Balaban J connectivity index is 1.34. The summed E-state index contributed by atoms with van der Waals surface area (Å²) < 4.78 is 2.00. The van der Waals surface area contributed by atoms with Crippen LogP contribution in [-0.2, 0) is 7.05 Å². The van der Waals surface area contributed by atoms with Crippen LogP contribution in [0.1, 0.15) is 28.3 Å². The molecule has 8 nitrogen and oxygen atoms in total. The summed E-state index contributed by atoms with van der Waals surface area (Å²) >= 11 is 0. The third kappa shape index (κ3) is 3.80. The van der Waals surface area contributed by atoms with Crippen LogP contribution in [0.25, 0.3) is 21.9 Å². The lowest BCUT2D eigenvalue weighted by molar-refractivity contribution is 0.0265. The number of aromatic nitrogens is 4. The molecule has 33 heavy (non-hydrogen) atoms. The number of imidazole rings is 1. The van der Waals surface area contributed by atoms with E-state index in [1.54, 1.807) is 18.1 Å². The van der Waals surface area contributed by atoms with Gasteiger partial charge in [-0.3, -0.25) is 14.8 Å². The molecule has 1 N–H and O–H groups in total. The predicted molar refractivity (Wildman–Crippen MR) is 128 cm³/mol. The van der Waals surface area contributed by atoms with E-state index >= 15 is 0 Å². The van der Waals surface area contributed by atoms with Crippen molar-refractivity contribution in [2.45, 2.75) is 25.9 Å². The third-order valence-corrected chi connectivity index (χ3v) is 6.62. The van der Waals surface area contributed by atoms with Gasteiger partial charge >= 0.3 is 0 Å². The highest BCUT2D eigenvalue weighted by Gasteiger charge is 2.38. The number of fused-ring (bicyclic) bond motifs is 2. The topological polar surface area (TPSA) is 87.4 Å². The second-order valence-electron chi connectivity index (χ2n) is 9.15. The second kappa shape index (κ2) is 7.81. The van der Waals surface area contributed by atoms with Crippen molar-refractivity contribution < 1.29 is 9.90 Å². The molecule has 0 radical (unpaired) electrons. The van der Waals surface area contributed by atoms with Crippen LogP contribution >= 0.6 is 0 Å². The van der Waals surface area contributed by atoms with Crippen LogP contribution in [0.3, 0.4) is 0 Å². The first kappa shape index (κ1) is 21.3. The number of benzene rings is 1. The van der Waals surface area contributed by atoms with Crippen molar-refractivity contribution in [2.75, 3.05) is 31.6 Å². The number of aliphatic hydroxyl groups is 1. The van der Waals surface area contributed by atoms with Gasteiger partial charge in [-0.25, -0.2) is 4.98 Å². The number of carbonyl (C=O) groups excluding carboxylic acids is 1. The molecule has 0 aliphatic carbocycles. The van der Waals surface area contributed by atoms with Crippen molar-refractivity contribution in [3.8, 4) is 0 Å². The highest BCUT2D eigenvalue weighted by Crippen LogP contribution is 2.32. The summed E-state index contributed by atoms with van der Waals surface area (Å²) in [6, 6.07) is 9.51. The SMILES string of the molecule is Cc1cc(N2CC[C@@](O)(CN(C)C(=O)c3ccc4c(c3)nc(C)n4C)C2)c2cnccc2n1. The maximum Gasteiger partial charge on any atom is 0.253 e. The molecule has 1 aliphatic heterocycles. The number of anilines is 1. The van der Waals surface area contributed by atoms with Gasteiger partial charge in [-0.05, 0) is 50.6 Å². The number of pyridine rings is 2. The van der Waals surface area contributed by atoms with Gasteiger partial charge in [0.15, 0.2) is 0 Å². The molecule has 0 bridgehead atoms.